The summed E-state index contributed by atoms with van der Waals surface area (Å²) in [6, 6.07) is 13.8. The maximum Gasteiger partial charge on any atom is 0.240 e. The molecule has 3 rings (SSSR count). The van der Waals surface area contributed by atoms with Crippen molar-refractivity contribution in [2.45, 2.75) is 55.9 Å². The summed E-state index contributed by atoms with van der Waals surface area (Å²) in [5.41, 5.74) is 1.57. The fourth-order valence-corrected chi connectivity index (χ4v) is 4.89. The Labute approximate surface area is 171 Å². The standard InChI is InChI=1S/C21H25ClN2O3S/c22-17-5-4-8-19(15-17)23-21(25)14-11-16-9-12-20(13-10-16)28(26,27)24-18-6-2-1-3-7-18/h4-5,8-10,12-13,15,18,24H,1-3,6-7,11,14H2,(H,23,25). The maximum atomic E-state index is 12.5. The Morgan fingerprint density at radius 1 is 1.04 bits per heavy atom. The molecular weight excluding hydrogens is 396 g/mol. The van der Waals surface area contributed by atoms with Crippen LogP contribution in [0.15, 0.2) is 53.4 Å². The van der Waals surface area contributed by atoms with E-state index in [0.29, 0.717) is 23.6 Å². The van der Waals surface area contributed by atoms with E-state index in [9.17, 15) is 13.2 Å². The van der Waals surface area contributed by atoms with Crippen molar-refractivity contribution in [3.8, 4) is 0 Å². The molecule has 0 atom stereocenters. The summed E-state index contributed by atoms with van der Waals surface area (Å²) in [6.07, 6.45) is 5.96. The predicted molar refractivity (Wildman–Crippen MR) is 112 cm³/mol. The molecule has 1 amide bonds. The van der Waals surface area contributed by atoms with Crippen molar-refractivity contribution in [1.29, 1.82) is 0 Å². The normalized spacial score (nSPS) is 15.3. The number of halogens is 1. The van der Waals surface area contributed by atoms with Crippen LogP contribution in [0.25, 0.3) is 0 Å². The lowest BCUT2D eigenvalue weighted by Crippen LogP contribution is -2.36. The number of amides is 1. The van der Waals surface area contributed by atoms with Crippen LogP contribution in [-0.4, -0.2) is 20.4 Å². The molecule has 0 radical (unpaired) electrons. The molecule has 0 bridgehead atoms. The van der Waals surface area contributed by atoms with E-state index in [1.165, 1.54) is 6.42 Å². The highest BCUT2D eigenvalue weighted by molar-refractivity contribution is 7.89. The highest BCUT2D eigenvalue weighted by Gasteiger charge is 2.21. The SMILES string of the molecule is O=C(CCc1ccc(S(=O)(=O)NC2CCCCC2)cc1)Nc1cccc(Cl)c1. The van der Waals surface area contributed by atoms with Crippen molar-refractivity contribution in [2.75, 3.05) is 5.32 Å². The molecule has 1 saturated carbocycles. The van der Waals surface area contributed by atoms with Gasteiger partial charge in [-0.3, -0.25) is 4.79 Å². The lowest BCUT2D eigenvalue weighted by molar-refractivity contribution is -0.116. The molecule has 0 spiro atoms. The van der Waals surface area contributed by atoms with Crippen LogP contribution in [0.2, 0.25) is 5.02 Å². The maximum absolute atomic E-state index is 12.5. The summed E-state index contributed by atoms with van der Waals surface area (Å²) in [7, 11) is -3.49. The third-order valence-electron chi connectivity index (χ3n) is 4.91. The Morgan fingerprint density at radius 2 is 1.75 bits per heavy atom. The van der Waals surface area contributed by atoms with E-state index >= 15 is 0 Å². The number of benzene rings is 2. The average Bonchev–Trinajstić information content (AvgIpc) is 2.67. The monoisotopic (exact) mass is 420 g/mol. The minimum atomic E-state index is -3.49. The summed E-state index contributed by atoms with van der Waals surface area (Å²) in [6.45, 7) is 0. The Hall–Kier alpha value is -1.89. The van der Waals surface area contributed by atoms with E-state index in [1.54, 1.807) is 48.5 Å². The quantitative estimate of drug-likeness (QED) is 0.691. The van der Waals surface area contributed by atoms with Crippen LogP contribution in [0.3, 0.4) is 0 Å². The summed E-state index contributed by atoms with van der Waals surface area (Å²) < 4.78 is 27.9. The van der Waals surface area contributed by atoms with Gasteiger partial charge < -0.3 is 5.32 Å². The number of nitrogens with one attached hydrogen (secondary N) is 2. The molecule has 150 valence electrons. The first-order chi connectivity index (χ1) is 13.4. The molecule has 2 aromatic carbocycles. The van der Waals surface area contributed by atoms with Gasteiger partial charge in [-0.05, 0) is 55.2 Å². The number of rotatable bonds is 7. The van der Waals surface area contributed by atoms with Gasteiger partial charge in [0, 0.05) is 23.2 Å². The van der Waals surface area contributed by atoms with Gasteiger partial charge in [0.15, 0.2) is 0 Å². The van der Waals surface area contributed by atoms with Gasteiger partial charge in [-0.1, -0.05) is 49.1 Å². The van der Waals surface area contributed by atoms with Gasteiger partial charge in [0.1, 0.15) is 0 Å². The van der Waals surface area contributed by atoms with Gasteiger partial charge in [0.25, 0.3) is 0 Å². The van der Waals surface area contributed by atoms with Crippen LogP contribution in [0.4, 0.5) is 5.69 Å². The third-order valence-corrected chi connectivity index (χ3v) is 6.68. The number of aryl methyl sites for hydroxylation is 1. The average molecular weight is 421 g/mol. The number of sulfonamides is 1. The first-order valence-electron chi connectivity index (χ1n) is 9.59. The third kappa shape index (κ3) is 6.06. The Bertz CT molecular complexity index is 908. The number of carbonyl (C=O) groups excluding carboxylic acids is 1. The number of anilines is 1. The van der Waals surface area contributed by atoms with E-state index in [-0.39, 0.29) is 16.8 Å². The highest BCUT2D eigenvalue weighted by Crippen LogP contribution is 2.20. The fourth-order valence-electron chi connectivity index (χ4n) is 3.39. The lowest BCUT2D eigenvalue weighted by Gasteiger charge is -2.22. The van der Waals surface area contributed by atoms with E-state index in [2.05, 4.69) is 10.0 Å². The molecule has 2 N–H and O–H groups in total. The molecule has 28 heavy (non-hydrogen) atoms. The molecule has 1 aliphatic rings. The molecular formula is C21H25ClN2O3S. The minimum absolute atomic E-state index is 0.0358. The highest BCUT2D eigenvalue weighted by atomic mass is 35.5. The number of hydrogen-bond donors (Lipinski definition) is 2. The van der Waals surface area contributed by atoms with Gasteiger partial charge in [-0.15, -0.1) is 0 Å². The fraction of sp³-hybridized carbons (Fsp3) is 0.381. The first kappa shape index (κ1) is 20.8. The Morgan fingerprint density at radius 3 is 2.43 bits per heavy atom. The van der Waals surface area contributed by atoms with Crippen LogP contribution < -0.4 is 10.0 Å². The zero-order valence-corrected chi connectivity index (χ0v) is 17.2. The summed E-state index contributed by atoms with van der Waals surface area (Å²) in [4.78, 5) is 12.4. The van der Waals surface area contributed by atoms with E-state index in [1.807, 2.05) is 0 Å². The molecule has 7 heteroatoms. The van der Waals surface area contributed by atoms with Crippen molar-refractivity contribution in [2.24, 2.45) is 0 Å². The molecule has 5 nitrogen and oxygen atoms in total. The predicted octanol–water partition coefficient (Wildman–Crippen LogP) is 4.52. The molecule has 1 aliphatic carbocycles. The van der Waals surface area contributed by atoms with Crippen LogP contribution in [0.5, 0.6) is 0 Å². The van der Waals surface area contributed by atoms with Crippen molar-refractivity contribution >= 4 is 33.2 Å². The molecule has 0 saturated heterocycles. The second-order valence-corrected chi connectivity index (χ2v) is 9.31. The number of hydrogen-bond acceptors (Lipinski definition) is 3. The Kier molecular flexibility index (Phi) is 7.10. The van der Waals surface area contributed by atoms with Crippen molar-refractivity contribution in [3.63, 3.8) is 0 Å². The first-order valence-corrected chi connectivity index (χ1v) is 11.5. The summed E-state index contributed by atoms with van der Waals surface area (Å²) in [5, 5.41) is 3.37. The zero-order chi connectivity index (χ0) is 20.0. The minimum Gasteiger partial charge on any atom is -0.326 e. The van der Waals surface area contributed by atoms with Crippen LogP contribution >= 0.6 is 11.6 Å². The van der Waals surface area contributed by atoms with E-state index in [4.69, 9.17) is 11.6 Å². The summed E-state index contributed by atoms with van der Waals surface area (Å²) in [5.74, 6) is -0.113. The van der Waals surface area contributed by atoms with Crippen LogP contribution in [-0.2, 0) is 21.2 Å². The van der Waals surface area contributed by atoms with Gasteiger partial charge in [-0.25, -0.2) is 13.1 Å². The van der Waals surface area contributed by atoms with Gasteiger partial charge in [0.05, 0.1) is 4.90 Å². The largest absolute Gasteiger partial charge is 0.326 e. The molecule has 2 aromatic rings. The second kappa shape index (κ2) is 9.54. The van der Waals surface area contributed by atoms with Crippen LogP contribution in [0.1, 0.15) is 44.1 Å². The van der Waals surface area contributed by atoms with E-state index in [0.717, 1.165) is 31.2 Å². The van der Waals surface area contributed by atoms with Gasteiger partial charge >= 0.3 is 0 Å². The van der Waals surface area contributed by atoms with Crippen LogP contribution in [0, 0.1) is 0 Å². The molecule has 0 heterocycles. The van der Waals surface area contributed by atoms with Crippen molar-refractivity contribution in [3.05, 3.63) is 59.1 Å². The zero-order valence-electron chi connectivity index (χ0n) is 15.7. The number of carbonyl (C=O) groups is 1. The van der Waals surface area contributed by atoms with Gasteiger partial charge in [-0.2, -0.15) is 0 Å². The molecule has 0 unspecified atom stereocenters. The van der Waals surface area contributed by atoms with Crippen molar-refractivity contribution < 1.29 is 13.2 Å². The smallest absolute Gasteiger partial charge is 0.240 e. The lowest BCUT2D eigenvalue weighted by atomic mass is 9.96. The second-order valence-electron chi connectivity index (χ2n) is 7.16. The Balaban J connectivity index is 1.53. The topological polar surface area (TPSA) is 75.3 Å². The van der Waals surface area contributed by atoms with Gasteiger partial charge in [0.2, 0.25) is 15.9 Å². The summed E-state index contributed by atoms with van der Waals surface area (Å²) >= 11 is 5.91. The van der Waals surface area contributed by atoms with Crippen molar-refractivity contribution in [1.82, 2.24) is 4.72 Å². The molecule has 0 aromatic heterocycles. The molecule has 0 aliphatic heterocycles. The van der Waals surface area contributed by atoms with E-state index < -0.39 is 10.0 Å². The molecule has 1 fully saturated rings.